The topological polar surface area (TPSA) is 12.9 Å². The zero-order valence-electron chi connectivity index (χ0n) is 11.5. The fourth-order valence-corrected chi connectivity index (χ4v) is 2.04. The van der Waals surface area contributed by atoms with Crippen molar-refractivity contribution in [1.29, 1.82) is 0 Å². The third kappa shape index (κ3) is 2.67. The van der Waals surface area contributed by atoms with Crippen LogP contribution in [0.3, 0.4) is 0 Å². The number of benzene rings is 1. The first-order valence-electron chi connectivity index (χ1n) is 6.25. The van der Waals surface area contributed by atoms with Gasteiger partial charge in [0.15, 0.2) is 0 Å². The summed E-state index contributed by atoms with van der Waals surface area (Å²) in [7, 11) is 0. The molecule has 2 aromatic rings. The van der Waals surface area contributed by atoms with Crippen LogP contribution < -0.4 is 0 Å². The highest BCUT2D eigenvalue weighted by atomic mass is 14.7. The summed E-state index contributed by atoms with van der Waals surface area (Å²) < 4.78 is 0. The van der Waals surface area contributed by atoms with Crippen molar-refractivity contribution in [1.82, 2.24) is 4.98 Å². The highest BCUT2D eigenvalue weighted by Crippen LogP contribution is 2.21. The van der Waals surface area contributed by atoms with Crippen molar-refractivity contribution in [2.45, 2.75) is 27.7 Å². The van der Waals surface area contributed by atoms with E-state index in [1.54, 1.807) is 0 Å². The molecule has 0 aliphatic rings. The maximum atomic E-state index is 4.36. The normalized spacial score (nSPS) is 11.7. The molecule has 1 aromatic carbocycles. The lowest BCUT2D eigenvalue weighted by molar-refractivity contribution is 1.16. The number of rotatable bonds is 2. The molecule has 1 heterocycles. The molecule has 1 heteroatoms. The second-order valence-corrected chi connectivity index (χ2v) is 4.82. The Kier molecular flexibility index (Phi) is 3.61. The minimum atomic E-state index is 1.08. The van der Waals surface area contributed by atoms with Gasteiger partial charge in [-0.15, -0.1) is 0 Å². The Bertz CT molecular complexity index is 557. The van der Waals surface area contributed by atoms with Crippen molar-refractivity contribution in [2.24, 2.45) is 0 Å². The number of hydrogen-bond donors (Lipinski definition) is 0. The molecule has 0 aliphatic carbocycles. The molecular formula is C17H19N. The van der Waals surface area contributed by atoms with E-state index in [0.717, 1.165) is 5.69 Å². The summed E-state index contributed by atoms with van der Waals surface area (Å²) in [5.74, 6) is 0. The maximum Gasteiger partial charge on any atom is 0.0447 e. The van der Waals surface area contributed by atoms with E-state index in [2.05, 4.69) is 69.1 Å². The van der Waals surface area contributed by atoms with E-state index in [4.69, 9.17) is 0 Å². The van der Waals surface area contributed by atoms with Gasteiger partial charge in [-0.05, 0) is 62.1 Å². The molecule has 92 valence electrons. The van der Waals surface area contributed by atoms with Crippen LogP contribution in [0.2, 0.25) is 0 Å². The molecule has 0 atom stereocenters. The standard InChI is InChI=1S/C17H19N/c1-12-5-7-16(8-6-12)14(3)11-17-13(2)9-10-18-15(17)4/h5-11H,1-4H3/b14-11+. The first-order valence-corrected chi connectivity index (χ1v) is 6.25. The van der Waals surface area contributed by atoms with Gasteiger partial charge in [0.05, 0.1) is 0 Å². The molecule has 1 aromatic heterocycles. The Balaban J connectivity index is 2.41. The summed E-state index contributed by atoms with van der Waals surface area (Å²) in [5, 5.41) is 0. The number of hydrogen-bond acceptors (Lipinski definition) is 1. The van der Waals surface area contributed by atoms with Crippen LogP contribution in [0, 0.1) is 20.8 Å². The molecule has 0 unspecified atom stereocenters. The van der Waals surface area contributed by atoms with Crippen molar-refractivity contribution < 1.29 is 0 Å². The lowest BCUT2D eigenvalue weighted by Crippen LogP contribution is -1.90. The zero-order chi connectivity index (χ0) is 13.1. The average molecular weight is 237 g/mol. The van der Waals surface area contributed by atoms with Crippen molar-refractivity contribution in [3.05, 3.63) is 64.5 Å². The van der Waals surface area contributed by atoms with Crippen molar-refractivity contribution in [3.63, 3.8) is 0 Å². The predicted octanol–water partition coefficient (Wildman–Crippen LogP) is 4.57. The summed E-state index contributed by atoms with van der Waals surface area (Å²) in [5.41, 5.74) is 7.42. The van der Waals surface area contributed by atoms with E-state index in [1.165, 1.54) is 27.8 Å². The molecule has 0 N–H and O–H groups in total. The first-order chi connectivity index (χ1) is 8.58. The number of allylic oxidation sites excluding steroid dienone is 1. The molecule has 0 bridgehead atoms. The molecule has 2 rings (SSSR count). The summed E-state index contributed by atoms with van der Waals surface area (Å²) >= 11 is 0. The van der Waals surface area contributed by atoms with E-state index in [-0.39, 0.29) is 0 Å². The Hall–Kier alpha value is -1.89. The monoisotopic (exact) mass is 237 g/mol. The molecule has 0 aliphatic heterocycles. The molecule has 0 radical (unpaired) electrons. The summed E-state index contributed by atoms with van der Waals surface area (Å²) in [4.78, 5) is 4.36. The third-order valence-electron chi connectivity index (χ3n) is 3.28. The minimum Gasteiger partial charge on any atom is -0.261 e. The van der Waals surface area contributed by atoms with Crippen molar-refractivity contribution in [3.8, 4) is 0 Å². The molecule has 0 amide bonds. The van der Waals surface area contributed by atoms with E-state index < -0.39 is 0 Å². The highest BCUT2D eigenvalue weighted by molar-refractivity contribution is 5.81. The van der Waals surface area contributed by atoms with Gasteiger partial charge in [0, 0.05) is 11.9 Å². The maximum absolute atomic E-state index is 4.36. The predicted molar refractivity (Wildman–Crippen MR) is 78.4 cm³/mol. The SMILES string of the molecule is C/C(=C\c1c(C)ccnc1C)c1ccc(C)cc1. The number of aryl methyl sites for hydroxylation is 3. The third-order valence-corrected chi connectivity index (χ3v) is 3.28. The molecule has 0 saturated carbocycles. The Morgan fingerprint density at radius 3 is 2.28 bits per heavy atom. The van der Waals surface area contributed by atoms with E-state index in [9.17, 15) is 0 Å². The van der Waals surface area contributed by atoms with Crippen LogP contribution in [-0.2, 0) is 0 Å². The van der Waals surface area contributed by atoms with Crippen LogP contribution >= 0.6 is 0 Å². The lowest BCUT2D eigenvalue weighted by Gasteiger charge is -2.07. The van der Waals surface area contributed by atoms with Gasteiger partial charge in [0.2, 0.25) is 0 Å². The Labute approximate surface area is 109 Å². The van der Waals surface area contributed by atoms with Crippen LogP contribution in [0.4, 0.5) is 0 Å². The molecule has 1 nitrogen and oxygen atoms in total. The largest absolute Gasteiger partial charge is 0.261 e. The zero-order valence-corrected chi connectivity index (χ0v) is 11.5. The highest BCUT2D eigenvalue weighted by Gasteiger charge is 2.02. The summed E-state index contributed by atoms with van der Waals surface area (Å²) in [6.07, 6.45) is 4.09. The van der Waals surface area contributed by atoms with Crippen LogP contribution in [-0.4, -0.2) is 4.98 Å². The second-order valence-electron chi connectivity index (χ2n) is 4.82. The average Bonchev–Trinajstić information content (AvgIpc) is 2.34. The molecule has 0 fully saturated rings. The van der Waals surface area contributed by atoms with Crippen LogP contribution in [0.1, 0.15) is 34.9 Å². The fourth-order valence-electron chi connectivity index (χ4n) is 2.04. The van der Waals surface area contributed by atoms with Crippen LogP contribution in [0.15, 0.2) is 36.5 Å². The lowest BCUT2D eigenvalue weighted by atomic mass is 10.0. The summed E-state index contributed by atoms with van der Waals surface area (Å²) in [6.45, 7) is 8.44. The number of aromatic nitrogens is 1. The van der Waals surface area contributed by atoms with Gasteiger partial charge < -0.3 is 0 Å². The quantitative estimate of drug-likeness (QED) is 0.745. The van der Waals surface area contributed by atoms with Gasteiger partial charge in [-0.1, -0.05) is 29.8 Å². The smallest absolute Gasteiger partial charge is 0.0447 e. The minimum absolute atomic E-state index is 1.08. The first kappa shape index (κ1) is 12.6. The van der Waals surface area contributed by atoms with Gasteiger partial charge in [-0.3, -0.25) is 4.98 Å². The molecule has 18 heavy (non-hydrogen) atoms. The van der Waals surface area contributed by atoms with Gasteiger partial charge in [0.1, 0.15) is 0 Å². The van der Waals surface area contributed by atoms with Gasteiger partial charge >= 0.3 is 0 Å². The van der Waals surface area contributed by atoms with E-state index in [0.29, 0.717) is 0 Å². The second kappa shape index (κ2) is 5.18. The van der Waals surface area contributed by atoms with Crippen LogP contribution in [0.5, 0.6) is 0 Å². The van der Waals surface area contributed by atoms with Gasteiger partial charge in [-0.25, -0.2) is 0 Å². The van der Waals surface area contributed by atoms with Gasteiger partial charge in [0.25, 0.3) is 0 Å². The fraction of sp³-hybridized carbons (Fsp3) is 0.235. The Morgan fingerprint density at radius 1 is 1.00 bits per heavy atom. The molecule has 0 spiro atoms. The van der Waals surface area contributed by atoms with Crippen molar-refractivity contribution in [2.75, 3.05) is 0 Å². The van der Waals surface area contributed by atoms with Gasteiger partial charge in [-0.2, -0.15) is 0 Å². The van der Waals surface area contributed by atoms with Crippen LogP contribution in [0.25, 0.3) is 11.6 Å². The molecular weight excluding hydrogens is 218 g/mol. The number of pyridine rings is 1. The van der Waals surface area contributed by atoms with E-state index in [1.807, 2.05) is 6.20 Å². The van der Waals surface area contributed by atoms with Crippen molar-refractivity contribution >= 4 is 11.6 Å². The molecule has 0 saturated heterocycles. The van der Waals surface area contributed by atoms with E-state index >= 15 is 0 Å². The number of nitrogens with zero attached hydrogens (tertiary/aromatic N) is 1. The Morgan fingerprint density at radius 2 is 1.67 bits per heavy atom. The summed E-state index contributed by atoms with van der Waals surface area (Å²) in [6, 6.07) is 10.7.